The van der Waals surface area contributed by atoms with Crippen LogP contribution in [0.4, 0.5) is 5.69 Å². The SMILES string of the molecule is Cc1c(Cl)cccc1N=C1SCCN1Cc1cccc(OCc2ccccc2Cl)c1. The Balaban J connectivity index is 1.46. The van der Waals surface area contributed by atoms with E-state index in [4.69, 9.17) is 32.9 Å². The third-order valence-corrected chi connectivity index (χ3v) is 6.71. The monoisotopic (exact) mass is 456 g/mol. The predicted octanol–water partition coefficient (Wildman–Crippen LogP) is 7.12. The van der Waals surface area contributed by atoms with Crippen molar-refractivity contribution in [3.63, 3.8) is 0 Å². The van der Waals surface area contributed by atoms with Gasteiger partial charge in [-0.15, -0.1) is 0 Å². The highest BCUT2D eigenvalue weighted by Gasteiger charge is 2.20. The van der Waals surface area contributed by atoms with Crippen LogP contribution in [0.5, 0.6) is 5.75 Å². The van der Waals surface area contributed by atoms with Gasteiger partial charge < -0.3 is 9.64 Å². The Morgan fingerprint density at radius 2 is 1.80 bits per heavy atom. The number of thioether (sulfide) groups is 1. The van der Waals surface area contributed by atoms with Gasteiger partial charge in [0, 0.05) is 34.5 Å². The fourth-order valence-corrected chi connectivity index (χ4v) is 4.59. The molecule has 4 rings (SSSR count). The summed E-state index contributed by atoms with van der Waals surface area (Å²) in [5.41, 5.74) is 4.10. The number of ether oxygens (including phenoxy) is 1. The van der Waals surface area contributed by atoms with Crippen LogP contribution in [0, 0.1) is 6.92 Å². The second kappa shape index (κ2) is 9.78. The lowest BCUT2D eigenvalue weighted by Crippen LogP contribution is -2.23. The standard InChI is InChI=1S/C24H22Cl2N2OS/c1-17-21(25)10-5-11-23(17)27-24-28(12-13-30-24)15-18-6-4-8-20(14-18)29-16-19-7-2-3-9-22(19)26/h2-11,14H,12-13,15-16H2,1H3. The smallest absolute Gasteiger partial charge is 0.164 e. The number of nitrogens with zero attached hydrogens (tertiary/aromatic N) is 2. The van der Waals surface area contributed by atoms with Gasteiger partial charge in [0.05, 0.1) is 5.69 Å². The Morgan fingerprint density at radius 3 is 2.67 bits per heavy atom. The van der Waals surface area contributed by atoms with Crippen LogP contribution in [0.1, 0.15) is 16.7 Å². The van der Waals surface area contributed by atoms with Gasteiger partial charge in [-0.05, 0) is 48.4 Å². The molecule has 0 amide bonds. The molecule has 0 spiro atoms. The number of hydrogen-bond acceptors (Lipinski definition) is 3. The van der Waals surface area contributed by atoms with Gasteiger partial charge in [-0.2, -0.15) is 0 Å². The molecule has 3 aromatic carbocycles. The number of halogens is 2. The van der Waals surface area contributed by atoms with Gasteiger partial charge >= 0.3 is 0 Å². The number of aliphatic imine (C=N–C) groups is 1. The summed E-state index contributed by atoms with van der Waals surface area (Å²) in [4.78, 5) is 7.18. The minimum absolute atomic E-state index is 0.448. The normalized spacial score (nSPS) is 15.0. The highest BCUT2D eigenvalue weighted by Crippen LogP contribution is 2.30. The van der Waals surface area contributed by atoms with Crippen molar-refractivity contribution < 1.29 is 4.74 Å². The Labute approximate surface area is 191 Å². The zero-order chi connectivity index (χ0) is 20.9. The zero-order valence-electron chi connectivity index (χ0n) is 16.6. The van der Waals surface area contributed by atoms with Crippen molar-refractivity contribution in [2.45, 2.75) is 20.1 Å². The maximum absolute atomic E-state index is 6.25. The van der Waals surface area contributed by atoms with E-state index in [-0.39, 0.29) is 0 Å². The average Bonchev–Trinajstić information content (AvgIpc) is 3.18. The molecule has 1 fully saturated rings. The van der Waals surface area contributed by atoms with Crippen LogP contribution >= 0.6 is 35.0 Å². The number of benzene rings is 3. The molecule has 1 heterocycles. The predicted molar refractivity (Wildman–Crippen MR) is 128 cm³/mol. The van der Waals surface area contributed by atoms with E-state index >= 15 is 0 Å². The molecule has 0 aliphatic carbocycles. The summed E-state index contributed by atoms with van der Waals surface area (Å²) in [7, 11) is 0. The van der Waals surface area contributed by atoms with Crippen molar-refractivity contribution in [2.24, 2.45) is 4.99 Å². The summed E-state index contributed by atoms with van der Waals surface area (Å²) in [6, 6.07) is 21.8. The molecule has 0 atom stereocenters. The third kappa shape index (κ3) is 5.12. The Hall–Kier alpha value is -2.14. The Kier molecular flexibility index (Phi) is 6.88. The highest BCUT2D eigenvalue weighted by molar-refractivity contribution is 8.14. The molecule has 0 aromatic heterocycles. The Bertz CT molecular complexity index is 1070. The molecule has 0 N–H and O–H groups in total. The minimum atomic E-state index is 0.448. The third-order valence-electron chi connectivity index (χ3n) is 4.94. The van der Waals surface area contributed by atoms with Crippen LogP contribution in [-0.2, 0) is 13.2 Å². The zero-order valence-corrected chi connectivity index (χ0v) is 19.0. The number of rotatable bonds is 6. The Morgan fingerprint density at radius 1 is 1.00 bits per heavy atom. The van der Waals surface area contributed by atoms with Crippen molar-refractivity contribution in [2.75, 3.05) is 12.3 Å². The summed E-state index contributed by atoms with van der Waals surface area (Å²) in [6.07, 6.45) is 0. The molecule has 0 bridgehead atoms. The van der Waals surface area contributed by atoms with Gasteiger partial charge in [0.25, 0.3) is 0 Å². The summed E-state index contributed by atoms with van der Waals surface area (Å²) in [5, 5.41) is 2.50. The summed E-state index contributed by atoms with van der Waals surface area (Å²) in [6.45, 7) is 4.21. The van der Waals surface area contributed by atoms with Crippen molar-refractivity contribution in [1.29, 1.82) is 0 Å². The summed E-state index contributed by atoms with van der Waals surface area (Å²) < 4.78 is 5.98. The average molecular weight is 457 g/mol. The van der Waals surface area contributed by atoms with E-state index in [0.717, 1.165) is 56.6 Å². The molecular weight excluding hydrogens is 435 g/mol. The number of hydrogen-bond donors (Lipinski definition) is 0. The molecule has 3 aromatic rings. The molecule has 30 heavy (non-hydrogen) atoms. The molecule has 1 aliphatic heterocycles. The minimum Gasteiger partial charge on any atom is -0.489 e. The quantitative estimate of drug-likeness (QED) is 0.394. The largest absolute Gasteiger partial charge is 0.489 e. The van der Waals surface area contributed by atoms with Crippen LogP contribution < -0.4 is 4.74 Å². The topological polar surface area (TPSA) is 24.8 Å². The molecule has 0 radical (unpaired) electrons. The van der Waals surface area contributed by atoms with Gasteiger partial charge in [0.15, 0.2) is 5.17 Å². The van der Waals surface area contributed by atoms with E-state index in [1.165, 1.54) is 5.56 Å². The lowest BCUT2D eigenvalue weighted by molar-refractivity contribution is 0.305. The highest BCUT2D eigenvalue weighted by atomic mass is 35.5. The summed E-state index contributed by atoms with van der Waals surface area (Å²) >= 11 is 14.3. The maximum Gasteiger partial charge on any atom is 0.164 e. The second-order valence-electron chi connectivity index (χ2n) is 7.08. The molecular formula is C24H22Cl2N2OS. The molecule has 1 aliphatic rings. The second-order valence-corrected chi connectivity index (χ2v) is 8.95. The van der Waals surface area contributed by atoms with Gasteiger partial charge in [-0.3, -0.25) is 0 Å². The van der Waals surface area contributed by atoms with E-state index in [1.54, 1.807) is 11.8 Å². The van der Waals surface area contributed by atoms with Crippen LogP contribution in [-0.4, -0.2) is 22.4 Å². The number of amidine groups is 1. The first kappa shape index (κ1) is 21.1. The van der Waals surface area contributed by atoms with Crippen molar-refractivity contribution in [3.05, 3.63) is 93.5 Å². The molecule has 1 saturated heterocycles. The van der Waals surface area contributed by atoms with Gasteiger partial charge in [0.2, 0.25) is 0 Å². The fraction of sp³-hybridized carbons (Fsp3) is 0.208. The molecule has 154 valence electrons. The van der Waals surface area contributed by atoms with Crippen molar-refractivity contribution >= 4 is 45.8 Å². The van der Waals surface area contributed by atoms with E-state index < -0.39 is 0 Å². The van der Waals surface area contributed by atoms with Crippen molar-refractivity contribution in [3.8, 4) is 5.75 Å². The van der Waals surface area contributed by atoms with Gasteiger partial charge in [-0.1, -0.05) is 71.4 Å². The first-order valence-electron chi connectivity index (χ1n) is 9.77. The molecule has 0 saturated carbocycles. The molecule has 6 heteroatoms. The van der Waals surface area contributed by atoms with Gasteiger partial charge in [-0.25, -0.2) is 4.99 Å². The van der Waals surface area contributed by atoms with Crippen LogP contribution in [0.2, 0.25) is 10.0 Å². The van der Waals surface area contributed by atoms with Crippen LogP contribution in [0.3, 0.4) is 0 Å². The molecule has 0 unspecified atom stereocenters. The lowest BCUT2D eigenvalue weighted by atomic mass is 10.2. The van der Waals surface area contributed by atoms with Gasteiger partial charge in [0.1, 0.15) is 12.4 Å². The lowest BCUT2D eigenvalue weighted by Gasteiger charge is -2.19. The first-order chi connectivity index (χ1) is 14.6. The maximum atomic E-state index is 6.25. The summed E-state index contributed by atoms with van der Waals surface area (Å²) in [5.74, 6) is 1.87. The van der Waals surface area contributed by atoms with Crippen LogP contribution in [0.25, 0.3) is 0 Å². The fourth-order valence-electron chi connectivity index (χ4n) is 3.23. The van der Waals surface area contributed by atoms with E-state index in [0.29, 0.717) is 6.61 Å². The van der Waals surface area contributed by atoms with Crippen LogP contribution in [0.15, 0.2) is 71.7 Å². The first-order valence-corrected chi connectivity index (χ1v) is 11.5. The van der Waals surface area contributed by atoms with Crippen molar-refractivity contribution in [1.82, 2.24) is 4.90 Å². The van der Waals surface area contributed by atoms with E-state index in [9.17, 15) is 0 Å². The van der Waals surface area contributed by atoms with E-state index in [1.807, 2.05) is 61.5 Å². The van der Waals surface area contributed by atoms with E-state index in [2.05, 4.69) is 17.0 Å². The molecule has 3 nitrogen and oxygen atoms in total.